The van der Waals surface area contributed by atoms with Crippen LogP contribution in [0.1, 0.15) is 46.6 Å². The first-order valence-corrected chi connectivity index (χ1v) is 8.78. The van der Waals surface area contributed by atoms with Gasteiger partial charge in [-0.1, -0.05) is 0 Å². The molecule has 0 fully saturated rings. The summed E-state index contributed by atoms with van der Waals surface area (Å²) in [4.78, 5) is 12.2. The largest absolute Gasteiger partial charge is 0.371 e. The zero-order valence-electron chi connectivity index (χ0n) is 14.7. The van der Waals surface area contributed by atoms with Gasteiger partial charge in [-0.2, -0.15) is 0 Å². The second-order valence-electron chi connectivity index (χ2n) is 7.06. The lowest BCUT2D eigenvalue weighted by Gasteiger charge is -2.38. The van der Waals surface area contributed by atoms with Crippen LogP contribution in [-0.2, 0) is 12.8 Å². The molecule has 0 bridgehead atoms. The zero-order valence-corrected chi connectivity index (χ0v) is 14.7. The highest BCUT2D eigenvalue weighted by Gasteiger charge is 2.27. The monoisotopic (exact) mass is 307 g/mol. The Morgan fingerprint density at radius 1 is 0.870 bits per heavy atom. The molecule has 2 aliphatic rings. The van der Waals surface area contributed by atoms with Gasteiger partial charge in [0.05, 0.1) is 22.8 Å². The summed E-state index contributed by atoms with van der Waals surface area (Å²) in [5, 5.41) is 0. The SMILES string of the molecule is Cc1nc(C)c(-c2cc3c4c(c2C)CCCN4CCC3)nc1C. The average molecular weight is 307 g/mol. The van der Waals surface area contributed by atoms with Gasteiger partial charge in [-0.25, -0.2) is 4.98 Å². The molecule has 120 valence electrons. The van der Waals surface area contributed by atoms with Gasteiger partial charge < -0.3 is 4.90 Å². The highest BCUT2D eigenvalue weighted by molar-refractivity contribution is 5.76. The fourth-order valence-corrected chi connectivity index (χ4v) is 4.23. The van der Waals surface area contributed by atoms with E-state index >= 15 is 0 Å². The summed E-state index contributed by atoms with van der Waals surface area (Å²) in [5.74, 6) is 0. The van der Waals surface area contributed by atoms with Crippen LogP contribution < -0.4 is 4.90 Å². The average Bonchev–Trinajstić information content (AvgIpc) is 2.54. The van der Waals surface area contributed by atoms with E-state index in [0.717, 1.165) is 22.8 Å². The van der Waals surface area contributed by atoms with Crippen molar-refractivity contribution in [2.45, 2.75) is 53.4 Å². The van der Waals surface area contributed by atoms with Crippen LogP contribution in [0.25, 0.3) is 11.3 Å². The molecule has 3 heterocycles. The minimum Gasteiger partial charge on any atom is -0.371 e. The minimum absolute atomic E-state index is 1.04. The van der Waals surface area contributed by atoms with Gasteiger partial charge in [0.1, 0.15) is 0 Å². The first-order valence-electron chi connectivity index (χ1n) is 8.78. The number of hydrogen-bond donors (Lipinski definition) is 0. The molecule has 0 N–H and O–H groups in total. The zero-order chi connectivity index (χ0) is 16.1. The number of anilines is 1. The standard InChI is InChI=1S/C20H25N3/c1-12-17-8-6-10-23-9-5-7-16(20(17)23)11-18(12)19-15(4)21-13(2)14(3)22-19/h11H,5-10H2,1-4H3. The molecule has 2 aliphatic heterocycles. The van der Waals surface area contributed by atoms with E-state index in [1.54, 1.807) is 5.56 Å². The Bertz CT molecular complexity index is 790. The van der Waals surface area contributed by atoms with Crippen molar-refractivity contribution in [1.29, 1.82) is 0 Å². The van der Waals surface area contributed by atoms with Crippen LogP contribution in [0.3, 0.4) is 0 Å². The van der Waals surface area contributed by atoms with Crippen molar-refractivity contribution in [3.05, 3.63) is 39.8 Å². The molecular formula is C20H25N3. The quantitative estimate of drug-likeness (QED) is 0.795. The van der Waals surface area contributed by atoms with Crippen LogP contribution in [0, 0.1) is 27.7 Å². The topological polar surface area (TPSA) is 29.0 Å². The van der Waals surface area contributed by atoms with E-state index in [2.05, 4.69) is 31.7 Å². The molecule has 3 heteroatoms. The lowest BCUT2D eigenvalue weighted by Crippen LogP contribution is -2.35. The number of rotatable bonds is 1. The summed E-state index contributed by atoms with van der Waals surface area (Å²) in [5.41, 5.74) is 11.5. The fraction of sp³-hybridized carbons (Fsp3) is 0.500. The normalized spacial score (nSPS) is 16.4. The molecule has 4 rings (SSSR count). The molecule has 0 saturated heterocycles. The van der Waals surface area contributed by atoms with Crippen molar-refractivity contribution >= 4 is 5.69 Å². The Kier molecular flexibility index (Phi) is 3.40. The molecule has 0 amide bonds. The summed E-state index contributed by atoms with van der Waals surface area (Å²) in [7, 11) is 0. The molecule has 1 aromatic heterocycles. The van der Waals surface area contributed by atoms with Crippen molar-refractivity contribution in [3.63, 3.8) is 0 Å². The minimum atomic E-state index is 1.04. The first kappa shape index (κ1) is 14.7. The number of nitrogens with zero attached hydrogens (tertiary/aromatic N) is 3. The third kappa shape index (κ3) is 2.25. The Morgan fingerprint density at radius 2 is 1.57 bits per heavy atom. The number of benzene rings is 1. The summed E-state index contributed by atoms with van der Waals surface area (Å²) in [6.07, 6.45) is 4.94. The van der Waals surface area contributed by atoms with Crippen LogP contribution in [0.2, 0.25) is 0 Å². The maximum atomic E-state index is 4.89. The Balaban J connectivity index is 1.96. The fourth-order valence-electron chi connectivity index (χ4n) is 4.23. The number of hydrogen-bond acceptors (Lipinski definition) is 3. The third-order valence-corrected chi connectivity index (χ3v) is 5.55. The van der Waals surface area contributed by atoms with E-state index in [0.29, 0.717) is 0 Å². The maximum Gasteiger partial charge on any atom is 0.0920 e. The van der Waals surface area contributed by atoms with Gasteiger partial charge in [0.15, 0.2) is 0 Å². The molecule has 1 aromatic carbocycles. The molecule has 0 spiro atoms. The molecule has 0 radical (unpaired) electrons. The van der Waals surface area contributed by atoms with Gasteiger partial charge in [0, 0.05) is 24.3 Å². The van der Waals surface area contributed by atoms with Gasteiger partial charge in [-0.05, 0) is 76.1 Å². The second kappa shape index (κ2) is 5.33. The van der Waals surface area contributed by atoms with Crippen LogP contribution in [-0.4, -0.2) is 23.1 Å². The number of aryl methyl sites for hydroxylation is 4. The lowest BCUT2D eigenvalue weighted by atomic mass is 9.85. The molecule has 2 aromatic rings. The highest BCUT2D eigenvalue weighted by Crippen LogP contribution is 2.41. The van der Waals surface area contributed by atoms with Gasteiger partial charge in [-0.3, -0.25) is 4.98 Å². The van der Waals surface area contributed by atoms with Crippen molar-refractivity contribution in [1.82, 2.24) is 9.97 Å². The van der Waals surface area contributed by atoms with E-state index in [4.69, 9.17) is 9.97 Å². The second-order valence-corrected chi connectivity index (χ2v) is 7.06. The molecule has 0 saturated carbocycles. The summed E-state index contributed by atoms with van der Waals surface area (Å²) in [6, 6.07) is 2.40. The van der Waals surface area contributed by atoms with Gasteiger partial charge >= 0.3 is 0 Å². The van der Waals surface area contributed by atoms with Crippen LogP contribution in [0.5, 0.6) is 0 Å². The third-order valence-electron chi connectivity index (χ3n) is 5.55. The van der Waals surface area contributed by atoms with Crippen molar-refractivity contribution in [2.75, 3.05) is 18.0 Å². The van der Waals surface area contributed by atoms with E-state index in [1.807, 2.05) is 6.92 Å². The Hall–Kier alpha value is -1.90. The van der Waals surface area contributed by atoms with E-state index in [9.17, 15) is 0 Å². The molecular weight excluding hydrogens is 282 g/mol. The molecule has 0 aliphatic carbocycles. The highest BCUT2D eigenvalue weighted by atomic mass is 15.1. The van der Waals surface area contributed by atoms with Crippen molar-refractivity contribution in [2.24, 2.45) is 0 Å². The summed E-state index contributed by atoms with van der Waals surface area (Å²) >= 11 is 0. The van der Waals surface area contributed by atoms with Gasteiger partial charge in [0.25, 0.3) is 0 Å². The van der Waals surface area contributed by atoms with E-state index < -0.39 is 0 Å². The van der Waals surface area contributed by atoms with Gasteiger partial charge in [0.2, 0.25) is 0 Å². The Labute approximate surface area is 138 Å². The predicted octanol–water partition coefficient (Wildman–Crippen LogP) is 4.08. The smallest absolute Gasteiger partial charge is 0.0920 e. The molecule has 0 unspecified atom stereocenters. The summed E-state index contributed by atoms with van der Waals surface area (Å²) in [6.45, 7) is 10.9. The van der Waals surface area contributed by atoms with Crippen LogP contribution >= 0.6 is 0 Å². The first-order chi connectivity index (χ1) is 11.1. The summed E-state index contributed by atoms with van der Waals surface area (Å²) < 4.78 is 0. The molecule has 0 atom stereocenters. The van der Waals surface area contributed by atoms with Crippen LogP contribution in [0.4, 0.5) is 5.69 Å². The van der Waals surface area contributed by atoms with E-state index in [-0.39, 0.29) is 0 Å². The van der Waals surface area contributed by atoms with Crippen LogP contribution in [0.15, 0.2) is 6.07 Å². The predicted molar refractivity (Wildman–Crippen MR) is 95.3 cm³/mol. The van der Waals surface area contributed by atoms with Crippen molar-refractivity contribution in [3.8, 4) is 11.3 Å². The maximum absolute atomic E-state index is 4.89. The molecule has 3 nitrogen and oxygen atoms in total. The number of aromatic nitrogens is 2. The Morgan fingerprint density at radius 3 is 2.35 bits per heavy atom. The lowest BCUT2D eigenvalue weighted by molar-refractivity contribution is 0.632. The molecule has 23 heavy (non-hydrogen) atoms. The van der Waals surface area contributed by atoms with E-state index in [1.165, 1.54) is 61.2 Å². The van der Waals surface area contributed by atoms with Crippen molar-refractivity contribution < 1.29 is 0 Å². The van der Waals surface area contributed by atoms with Gasteiger partial charge in [-0.15, -0.1) is 0 Å².